The molecule has 0 spiro atoms. The summed E-state index contributed by atoms with van der Waals surface area (Å²) in [6, 6.07) is 0. The Morgan fingerprint density at radius 1 is 1.19 bits per heavy atom. The van der Waals surface area contributed by atoms with E-state index in [0.717, 1.165) is 6.42 Å². The van der Waals surface area contributed by atoms with E-state index in [0.29, 0.717) is 11.8 Å². The van der Waals surface area contributed by atoms with Crippen molar-refractivity contribution in [2.75, 3.05) is 7.11 Å². The molecule has 0 aliphatic heterocycles. The second-order valence-electron chi connectivity index (χ2n) is 4.53. The van der Waals surface area contributed by atoms with Gasteiger partial charge in [-0.05, 0) is 26.2 Å². The number of aliphatic hydroxyl groups is 1. The SMILES string of the molecule is C/C=C\C=C\C(C)C(OC)C(C)CC(C)O. The molecule has 2 heteroatoms. The average Bonchev–Trinajstić information content (AvgIpc) is 2.18. The molecule has 0 radical (unpaired) electrons. The lowest BCUT2D eigenvalue weighted by Gasteiger charge is -2.27. The van der Waals surface area contributed by atoms with Crippen molar-refractivity contribution in [3.05, 3.63) is 24.3 Å². The molecule has 0 aromatic rings. The van der Waals surface area contributed by atoms with Gasteiger partial charge in [0.05, 0.1) is 12.2 Å². The molecular weight excluding hydrogens is 200 g/mol. The first-order valence-corrected chi connectivity index (χ1v) is 6.03. The molecule has 0 rings (SSSR count). The molecule has 0 bridgehead atoms. The van der Waals surface area contributed by atoms with Gasteiger partial charge in [-0.3, -0.25) is 0 Å². The molecule has 2 nitrogen and oxygen atoms in total. The van der Waals surface area contributed by atoms with E-state index < -0.39 is 0 Å². The van der Waals surface area contributed by atoms with Crippen LogP contribution in [0.5, 0.6) is 0 Å². The summed E-state index contributed by atoms with van der Waals surface area (Å²) in [6.07, 6.45) is 8.89. The lowest BCUT2D eigenvalue weighted by atomic mass is 9.89. The fourth-order valence-corrected chi connectivity index (χ4v) is 2.10. The van der Waals surface area contributed by atoms with E-state index in [1.165, 1.54) is 0 Å². The van der Waals surface area contributed by atoms with E-state index in [1.807, 2.05) is 32.1 Å². The zero-order valence-corrected chi connectivity index (χ0v) is 11.2. The summed E-state index contributed by atoms with van der Waals surface area (Å²) in [5.74, 6) is 0.713. The highest BCUT2D eigenvalue weighted by Crippen LogP contribution is 2.21. The van der Waals surface area contributed by atoms with E-state index in [1.54, 1.807) is 7.11 Å². The van der Waals surface area contributed by atoms with E-state index in [4.69, 9.17) is 4.74 Å². The van der Waals surface area contributed by atoms with Crippen molar-refractivity contribution in [1.82, 2.24) is 0 Å². The summed E-state index contributed by atoms with van der Waals surface area (Å²) in [5, 5.41) is 9.38. The van der Waals surface area contributed by atoms with Crippen molar-refractivity contribution in [2.45, 2.75) is 46.3 Å². The van der Waals surface area contributed by atoms with Gasteiger partial charge in [-0.2, -0.15) is 0 Å². The summed E-state index contributed by atoms with van der Waals surface area (Å²) in [4.78, 5) is 0. The summed E-state index contributed by atoms with van der Waals surface area (Å²) >= 11 is 0. The molecule has 1 N–H and O–H groups in total. The maximum absolute atomic E-state index is 9.38. The van der Waals surface area contributed by atoms with Gasteiger partial charge in [-0.1, -0.05) is 38.2 Å². The molecule has 0 amide bonds. The standard InChI is InChI=1S/C14H26O2/c1-6-7-8-9-11(2)14(16-5)12(3)10-13(4)15/h6-9,11-15H,10H2,1-5H3/b7-6-,9-8+. The molecule has 0 aromatic carbocycles. The van der Waals surface area contributed by atoms with E-state index in [2.05, 4.69) is 19.9 Å². The zero-order valence-electron chi connectivity index (χ0n) is 11.2. The van der Waals surface area contributed by atoms with Crippen LogP contribution in [0.25, 0.3) is 0 Å². The Morgan fingerprint density at radius 2 is 1.81 bits per heavy atom. The largest absolute Gasteiger partial charge is 0.393 e. The Labute approximate surface area is 100 Å². The van der Waals surface area contributed by atoms with Crippen LogP contribution >= 0.6 is 0 Å². The average molecular weight is 226 g/mol. The molecule has 94 valence electrons. The zero-order chi connectivity index (χ0) is 12.6. The monoisotopic (exact) mass is 226 g/mol. The quantitative estimate of drug-likeness (QED) is 0.676. The molecular formula is C14H26O2. The number of ether oxygens (including phenoxy) is 1. The van der Waals surface area contributed by atoms with Crippen molar-refractivity contribution in [2.24, 2.45) is 11.8 Å². The van der Waals surface area contributed by atoms with Gasteiger partial charge in [0, 0.05) is 13.0 Å². The van der Waals surface area contributed by atoms with Crippen LogP contribution in [0.3, 0.4) is 0 Å². The third-order valence-corrected chi connectivity index (χ3v) is 2.78. The highest BCUT2D eigenvalue weighted by molar-refractivity contribution is 5.04. The molecule has 0 fully saturated rings. The molecule has 0 saturated heterocycles. The topological polar surface area (TPSA) is 29.5 Å². The molecule has 0 heterocycles. The van der Waals surface area contributed by atoms with Gasteiger partial charge in [0.15, 0.2) is 0 Å². The van der Waals surface area contributed by atoms with Crippen LogP contribution in [-0.4, -0.2) is 24.4 Å². The number of aliphatic hydroxyl groups excluding tert-OH is 1. The molecule has 0 aliphatic carbocycles. The van der Waals surface area contributed by atoms with Gasteiger partial charge in [0.1, 0.15) is 0 Å². The minimum atomic E-state index is -0.264. The Kier molecular flexibility index (Phi) is 8.22. The lowest BCUT2D eigenvalue weighted by molar-refractivity contribution is 0.0134. The maximum Gasteiger partial charge on any atom is 0.0657 e. The summed E-state index contributed by atoms with van der Waals surface area (Å²) in [7, 11) is 1.74. The predicted molar refractivity (Wildman–Crippen MR) is 69.4 cm³/mol. The molecule has 16 heavy (non-hydrogen) atoms. The fourth-order valence-electron chi connectivity index (χ4n) is 2.10. The predicted octanol–water partition coefficient (Wildman–Crippen LogP) is 3.18. The fraction of sp³-hybridized carbons (Fsp3) is 0.714. The van der Waals surface area contributed by atoms with Crippen molar-refractivity contribution >= 4 is 0 Å². The number of methoxy groups -OCH3 is 1. The Bertz CT molecular complexity index is 219. The number of rotatable bonds is 7. The van der Waals surface area contributed by atoms with Crippen molar-refractivity contribution in [3.8, 4) is 0 Å². The van der Waals surface area contributed by atoms with E-state index >= 15 is 0 Å². The van der Waals surface area contributed by atoms with Crippen LogP contribution in [0, 0.1) is 11.8 Å². The Balaban J connectivity index is 4.35. The van der Waals surface area contributed by atoms with Crippen LogP contribution in [-0.2, 0) is 4.74 Å². The van der Waals surface area contributed by atoms with E-state index in [9.17, 15) is 5.11 Å². The van der Waals surface area contributed by atoms with Gasteiger partial charge in [0.25, 0.3) is 0 Å². The second-order valence-corrected chi connectivity index (χ2v) is 4.53. The minimum absolute atomic E-state index is 0.163. The number of hydrogen-bond donors (Lipinski definition) is 1. The van der Waals surface area contributed by atoms with Crippen LogP contribution in [0.1, 0.15) is 34.1 Å². The van der Waals surface area contributed by atoms with Gasteiger partial charge in [-0.25, -0.2) is 0 Å². The summed E-state index contributed by atoms with van der Waals surface area (Å²) in [5.41, 5.74) is 0. The first kappa shape index (κ1) is 15.4. The van der Waals surface area contributed by atoms with Crippen molar-refractivity contribution in [1.29, 1.82) is 0 Å². The third-order valence-electron chi connectivity index (χ3n) is 2.78. The van der Waals surface area contributed by atoms with Crippen LogP contribution in [0.2, 0.25) is 0 Å². The van der Waals surface area contributed by atoms with Crippen LogP contribution in [0.15, 0.2) is 24.3 Å². The van der Waals surface area contributed by atoms with Crippen LogP contribution in [0.4, 0.5) is 0 Å². The maximum atomic E-state index is 9.38. The summed E-state index contributed by atoms with van der Waals surface area (Å²) < 4.78 is 5.52. The highest BCUT2D eigenvalue weighted by atomic mass is 16.5. The van der Waals surface area contributed by atoms with Crippen molar-refractivity contribution < 1.29 is 9.84 Å². The molecule has 0 aliphatic rings. The molecule has 0 aromatic heterocycles. The summed E-state index contributed by atoms with van der Waals surface area (Å²) in [6.45, 7) is 8.09. The van der Waals surface area contributed by atoms with Gasteiger partial charge in [0.2, 0.25) is 0 Å². The lowest BCUT2D eigenvalue weighted by Crippen LogP contribution is -2.29. The van der Waals surface area contributed by atoms with Crippen molar-refractivity contribution in [3.63, 3.8) is 0 Å². The number of hydrogen-bond acceptors (Lipinski definition) is 2. The molecule has 0 saturated carbocycles. The second kappa shape index (κ2) is 8.54. The minimum Gasteiger partial charge on any atom is -0.393 e. The smallest absolute Gasteiger partial charge is 0.0657 e. The van der Waals surface area contributed by atoms with Gasteiger partial charge in [-0.15, -0.1) is 0 Å². The van der Waals surface area contributed by atoms with Gasteiger partial charge < -0.3 is 9.84 Å². The highest BCUT2D eigenvalue weighted by Gasteiger charge is 2.22. The van der Waals surface area contributed by atoms with E-state index in [-0.39, 0.29) is 12.2 Å². The number of allylic oxidation sites excluding steroid dienone is 3. The first-order chi connectivity index (χ1) is 7.52. The first-order valence-electron chi connectivity index (χ1n) is 6.03. The molecule has 4 unspecified atom stereocenters. The third kappa shape index (κ3) is 6.09. The van der Waals surface area contributed by atoms with Gasteiger partial charge >= 0.3 is 0 Å². The molecule has 4 atom stereocenters. The Morgan fingerprint density at radius 3 is 2.25 bits per heavy atom. The van der Waals surface area contributed by atoms with Crippen LogP contribution < -0.4 is 0 Å². The normalized spacial score (nSPS) is 20.1. The Hall–Kier alpha value is -0.600.